The van der Waals surface area contributed by atoms with Gasteiger partial charge in [-0.25, -0.2) is 4.98 Å². The van der Waals surface area contributed by atoms with E-state index < -0.39 is 5.92 Å². The van der Waals surface area contributed by atoms with Gasteiger partial charge in [-0.05, 0) is 54.2 Å². The zero-order valence-corrected chi connectivity index (χ0v) is 16.8. The number of hydrogen-bond acceptors (Lipinski definition) is 4. The molecule has 3 heterocycles. The Hall–Kier alpha value is -1.75. The highest BCUT2D eigenvalue weighted by Gasteiger charge is 2.63. The standard InChI is InChI=1S/C22H19Cl2NO3/c1-2-10-3-4-11(12-5-8-16(23)25-22(12)24)9-13(10)17-20(26)18-14-6-7-15(28-14)19(18)21(17)27/h3-5,8-9,14-15,17-19H,2,6-7H2,1H3/t14-,15+,17?,18-,19+. The number of carbonyl (C=O) groups is 2. The molecule has 5 rings (SSSR count). The Bertz CT molecular complexity index is 977. The summed E-state index contributed by atoms with van der Waals surface area (Å²) in [6, 6.07) is 9.36. The van der Waals surface area contributed by atoms with Crippen LogP contribution in [0.3, 0.4) is 0 Å². The summed E-state index contributed by atoms with van der Waals surface area (Å²) in [5.74, 6) is -1.20. The number of rotatable bonds is 3. The molecule has 5 atom stereocenters. The van der Waals surface area contributed by atoms with Crippen molar-refractivity contribution in [3.05, 3.63) is 51.8 Å². The maximum atomic E-state index is 13.3. The molecule has 1 unspecified atom stereocenters. The summed E-state index contributed by atoms with van der Waals surface area (Å²) in [7, 11) is 0. The second-order valence-electron chi connectivity index (χ2n) is 7.82. The molecule has 0 amide bonds. The van der Waals surface area contributed by atoms with Crippen LogP contribution >= 0.6 is 23.2 Å². The third kappa shape index (κ3) is 2.58. The van der Waals surface area contributed by atoms with E-state index in [9.17, 15) is 9.59 Å². The van der Waals surface area contributed by atoms with Gasteiger partial charge < -0.3 is 4.74 Å². The fourth-order valence-corrected chi connectivity index (χ4v) is 5.67. The van der Waals surface area contributed by atoms with Crippen LogP contribution in [0.15, 0.2) is 30.3 Å². The first kappa shape index (κ1) is 18.3. The third-order valence-electron chi connectivity index (χ3n) is 6.46. The van der Waals surface area contributed by atoms with Crippen LogP contribution < -0.4 is 0 Å². The number of aryl methyl sites for hydroxylation is 1. The quantitative estimate of drug-likeness (QED) is 0.540. The number of aromatic nitrogens is 1. The SMILES string of the molecule is CCc1ccc(-c2ccc(Cl)nc2Cl)cc1C1C(=O)[C@@H]2[C@H](C1=O)[C@H]1CC[C@@H]2O1. The molecule has 2 saturated heterocycles. The van der Waals surface area contributed by atoms with Crippen molar-refractivity contribution in [3.63, 3.8) is 0 Å². The van der Waals surface area contributed by atoms with E-state index in [2.05, 4.69) is 4.98 Å². The molecule has 3 aliphatic rings. The smallest absolute Gasteiger partial charge is 0.154 e. The largest absolute Gasteiger partial charge is 0.373 e. The normalized spacial score (nSPS) is 30.9. The average molecular weight is 416 g/mol. The van der Waals surface area contributed by atoms with Crippen molar-refractivity contribution in [1.82, 2.24) is 4.98 Å². The molecule has 2 aromatic rings. The number of ketones is 2. The number of Topliss-reactive ketones (excluding diaryl/α,β-unsaturated/α-hetero) is 2. The number of pyridine rings is 1. The second-order valence-corrected chi connectivity index (χ2v) is 8.56. The van der Waals surface area contributed by atoms with E-state index in [4.69, 9.17) is 27.9 Å². The molecule has 1 aromatic carbocycles. The summed E-state index contributed by atoms with van der Waals surface area (Å²) in [6.07, 6.45) is 2.34. The molecule has 1 aromatic heterocycles. The van der Waals surface area contributed by atoms with Crippen molar-refractivity contribution in [2.45, 2.75) is 44.3 Å². The minimum absolute atomic E-state index is 0.0226. The Labute approximate surface area is 173 Å². The highest BCUT2D eigenvalue weighted by atomic mass is 35.5. The molecule has 6 heteroatoms. The van der Waals surface area contributed by atoms with Crippen molar-refractivity contribution in [1.29, 1.82) is 0 Å². The first-order valence-electron chi connectivity index (χ1n) is 9.67. The van der Waals surface area contributed by atoms with E-state index in [-0.39, 0.29) is 35.6 Å². The van der Waals surface area contributed by atoms with E-state index in [1.54, 1.807) is 6.07 Å². The van der Waals surface area contributed by atoms with Crippen LogP contribution in [-0.4, -0.2) is 28.8 Å². The monoisotopic (exact) mass is 415 g/mol. The fourth-order valence-electron chi connectivity index (χ4n) is 5.21. The summed E-state index contributed by atoms with van der Waals surface area (Å²) in [6.45, 7) is 2.03. The Morgan fingerprint density at radius 2 is 1.71 bits per heavy atom. The van der Waals surface area contributed by atoms with Crippen LogP contribution in [0.5, 0.6) is 0 Å². The van der Waals surface area contributed by atoms with Gasteiger partial charge in [0.15, 0.2) is 11.6 Å². The molecule has 1 aliphatic carbocycles. The van der Waals surface area contributed by atoms with Gasteiger partial charge in [0.25, 0.3) is 0 Å². The number of hydrogen-bond donors (Lipinski definition) is 0. The Kier molecular flexibility index (Phi) is 4.34. The summed E-state index contributed by atoms with van der Waals surface area (Å²) in [5, 5.41) is 0.624. The van der Waals surface area contributed by atoms with E-state index in [1.807, 2.05) is 31.2 Å². The maximum Gasteiger partial charge on any atom is 0.154 e. The van der Waals surface area contributed by atoms with Gasteiger partial charge in [-0.1, -0.05) is 42.3 Å². The lowest BCUT2D eigenvalue weighted by molar-refractivity contribution is -0.127. The highest BCUT2D eigenvalue weighted by Crippen LogP contribution is 2.52. The predicted octanol–water partition coefficient (Wildman–Crippen LogP) is 4.65. The Morgan fingerprint density at radius 1 is 1.04 bits per heavy atom. The zero-order valence-electron chi connectivity index (χ0n) is 15.3. The van der Waals surface area contributed by atoms with Crippen molar-refractivity contribution in [2.75, 3.05) is 0 Å². The average Bonchev–Trinajstić information content (AvgIpc) is 3.35. The first-order valence-corrected chi connectivity index (χ1v) is 10.4. The van der Waals surface area contributed by atoms with Gasteiger partial charge in [0.2, 0.25) is 0 Å². The van der Waals surface area contributed by atoms with E-state index in [0.717, 1.165) is 41.5 Å². The van der Waals surface area contributed by atoms with E-state index in [0.29, 0.717) is 10.3 Å². The van der Waals surface area contributed by atoms with Gasteiger partial charge in [-0.2, -0.15) is 0 Å². The molecule has 0 radical (unpaired) electrons. The first-order chi connectivity index (χ1) is 13.5. The van der Waals surface area contributed by atoms with Crippen molar-refractivity contribution in [3.8, 4) is 11.1 Å². The molecule has 3 fully saturated rings. The van der Waals surface area contributed by atoms with Gasteiger partial charge in [0.05, 0.1) is 24.0 Å². The lowest BCUT2D eigenvalue weighted by atomic mass is 9.81. The number of benzene rings is 1. The number of ether oxygens (including phenoxy) is 1. The third-order valence-corrected chi connectivity index (χ3v) is 6.96. The van der Waals surface area contributed by atoms with Crippen LogP contribution in [0.2, 0.25) is 10.3 Å². The zero-order chi connectivity index (χ0) is 19.6. The van der Waals surface area contributed by atoms with Gasteiger partial charge in [-0.3, -0.25) is 9.59 Å². The minimum Gasteiger partial charge on any atom is -0.373 e. The molecular weight excluding hydrogens is 397 g/mol. The Balaban J connectivity index is 1.60. The summed E-state index contributed by atoms with van der Waals surface area (Å²) in [5.41, 5.74) is 3.38. The van der Waals surface area contributed by atoms with E-state index in [1.165, 1.54) is 0 Å². The highest BCUT2D eigenvalue weighted by molar-refractivity contribution is 6.34. The van der Waals surface area contributed by atoms with Crippen LogP contribution in [-0.2, 0) is 20.7 Å². The molecule has 144 valence electrons. The number of nitrogens with zero attached hydrogens (tertiary/aromatic N) is 1. The number of halogens is 2. The Morgan fingerprint density at radius 3 is 2.32 bits per heavy atom. The van der Waals surface area contributed by atoms with Gasteiger partial charge in [-0.15, -0.1) is 0 Å². The number of carbonyl (C=O) groups excluding carboxylic acids is 2. The topological polar surface area (TPSA) is 56.3 Å². The predicted molar refractivity (Wildman–Crippen MR) is 107 cm³/mol. The van der Waals surface area contributed by atoms with Gasteiger partial charge in [0.1, 0.15) is 16.2 Å². The molecule has 0 N–H and O–H groups in total. The lowest BCUT2D eigenvalue weighted by Gasteiger charge is -2.17. The maximum absolute atomic E-state index is 13.3. The van der Waals surface area contributed by atoms with Gasteiger partial charge >= 0.3 is 0 Å². The molecule has 2 aliphatic heterocycles. The minimum atomic E-state index is -0.698. The van der Waals surface area contributed by atoms with Crippen molar-refractivity contribution >= 4 is 34.8 Å². The molecule has 4 nitrogen and oxygen atoms in total. The summed E-state index contributed by atoms with van der Waals surface area (Å²) >= 11 is 12.2. The number of fused-ring (bicyclic) bond motifs is 5. The molecule has 1 saturated carbocycles. The van der Waals surface area contributed by atoms with Crippen LogP contribution in [0.25, 0.3) is 11.1 Å². The molecule has 28 heavy (non-hydrogen) atoms. The van der Waals surface area contributed by atoms with Crippen LogP contribution in [0.1, 0.15) is 36.8 Å². The van der Waals surface area contributed by atoms with Crippen molar-refractivity contribution in [2.24, 2.45) is 11.8 Å². The van der Waals surface area contributed by atoms with Crippen LogP contribution in [0, 0.1) is 11.8 Å². The fraction of sp³-hybridized carbons (Fsp3) is 0.409. The summed E-state index contributed by atoms with van der Waals surface area (Å²) in [4.78, 5) is 30.6. The van der Waals surface area contributed by atoms with E-state index >= 15 is 0 Å². The molecular formula is C22H19Cl2NO3. The lowest BCUT2D eigenvalue weighted by Crippen LogP contribution is -2.29. The molecule has 2 bridgehead atoms. The summed E-state index contributed by atoms with van der Waals surface area (Å²) < 4.78 is 5.86. The molecule has 0 spiro atoms. The van der Waals surface area contributed by atoms with Gasteiger partial charge in [0, 0.05) is 5.56 Å². The van der Waals surface area contributed by atoms with Crippen molar-refractivity contribution < 1.29 is 14.3 Å². The second kappa shape index (κ2) is 6.65. The van der Waals surface area contributed by atoms with Crippen LogP contribution in [0.4, 0.5) is 0 Å².